The van der Waals surface area contributed by atoms with Crippen LogP contribution in [0.2, 0.25) is 0 Å². The molecule has 4 unspecified atom stereocenters. The van der Waals surface area contributed by atoms with Gasteiger partial charge < -0.3 is 4.90 Å². The zero-order chi connectivity index (χ0) is 9.59. The lowest BCUT2D eigenvalue weighted by Crippen LogP contribution is -2.59. The van der Waals surface area contributed by atoms with Gasteiger partial charge in [0.05, 0.1) is 17.9 Å². The number of fused-ring (bicyclic) bond motifs is 1. The molecule has 1 fully saturated rings. The summed E-state index contributed by atoms with van der Waals surface area (Å²) in [5.41, 5.74) is 1.35. The Balaban J connectivity index is 2.26. The molecule has 0 N–H and O–H groups in total. The molecular formula is C10H17N2P. The van der Waals surface area contributed by atoms with Crippen LogP contribution in [0.3, 0.4) is 0 Å². The van der Waals surface area contributed by atoms with Gasteiger partial charge in [-0.3, -0.25) is 4.99 Å². The van der Waals surface area contributed by atoms with E-state index in [-0.39, 0.29) is 0 Å². The van der Waals surface area contributed by atoms with Crippen LogP contribution >= 0.6 is 9.24 Å². The maximum atomic E-state index is 4.60. The van der Waals surface area contributed by atoms with Crippen LogP contribution in [0.25, 0.3) is 0 Å². The second-order valence-electron chi connectivity index (χ2n) is 4.23. The third-order valence-corrected chi connectivity index (χ3v) is 3.76. The molecule has 2 bridgehead atoms. The Bertz CT molecular complexity index is 260. The zero-order valence-electron chi connectivity index (χ0n) is 8.44. The fourth-order valence-electron chi connectivity index (χ4n) is 1.90. The summed E-state index contributed by atoms with van der Waals surface area (Å²) in [6.07, 6.45) is 4.32. The molecule has 0 spiro atoms. The lowest BCUT2D eigenvalue weighted by Gasteiger charge is -2.49. The molecule has 3 heteroatoms. The van der Waals surface area contributed by atoms with Gasteiger partial charge in [0.1, 0.15) is 0 Å². The summed E-state index contributed by atoms with van der Waals surface area (Å²) >= 11 is 0. The molecule has 0 radical (unpaired) electrons. The number of rotatable bonds is 1. The van der Waals surface area contributed by atoms with Crippen molar-refractivity contribution in [2.45, 2.75) is 38.6 Å². The van der Waals surface area contributed by atoms with Crippen LogP contribution in [0.5, 0.6) is 0 Å². The molecule has 3 heterocycles. The largest absolute Gasteiger partial charge is 0.364 e. The average molecular weight is 196 g/mol. The highest BCUT2D eigenvalue weighted by Gasteiger charge is 2.42. The van der Waals surface area contributed by atoms with Gasteiger partial charge in [-0.05, 0) is 18.4 Å². The van der Waals surface area contributed by atoms with Gasteiger partial charge in [-0.15, -0.1) is 9.24 Å². The molecule has 0 aromatic heterocycles. The van der Waals surface area contributed by atoms with Crippen LogP contribution in [0.4, 0.5) is 0 Å². The average Bonchev–Trinajstić information content (AvgIpc) is 2.35. The van der Waals surface area contributed by atoms with Crippen LogP contribution in [-0.4, -0.2) is 29.0 Å². The fraction of sp³-hybridized carbons (Fsp3) is 0.700. The Kier molecular flexibility index (Phi) is 2.19. The summed E-state index contributed by atoms with van der Waals surface area (Å²) in [5, 5.41) is 0. The first-order valence-electron chi connectivity index (χ1n) is 4.89. The topological polar surface area (TPSA) is 15.6 Å². The normalized spacial score (nSPS) is 37.2. The molecule has 2 nitrogen and oxygen atoms in total. The first-order valence-corrected chi connectivity index (χ1v) is 5.56. The smallest absolute Gasteiger partial charge is 0.0937 e. The third-order valence-electron chi connectivity index (χ3n) is 3.02. The molecule has 0 aromatic carbocycles. The van der Waals surface area contributed by atoms with E-state index in [1.165, 1.54) is 5.57 Å². The lowest BCUT2D eigenvalue weighted by molar-refractivity contribution is 0.113. The number of nitrogens with zero attached hydrogens (tertiary/aromatic N) is 2. The molecule has 72 valence electrons. The second-order valence-corrected chi connectivity index (χ2v) is 4.91. The van der Waals surface area contributed by atoms with Gasteiger partial charge >= 0.3 is 0 Å². The highest BCUT2D eigenvalue weighted by atomic mass is 31.0. The van der Waals surface area contributed by atoms with E-state index in [1.807, 2.05) is 0 Å². The van der Waals surface area contributed by atoms with Crippen LogP contribution < -0.4 is 0 Å². The van der Waals surface area contributed by atoms with Crippen molar-refractivity contribution in [1.29, 1.82) is 0 Å². The van der Waals surface area contributed by atoms with E-state index in [4.69, 9.17) is 0 Å². The molecule has 3 aliphatic heterocycles. The van der Waals surface area contributed by atoms with Crippen LogP contribution in [0, 0.1) is 5.92 Å². The molecule has 4 atom stereocenters. The fourth-order valence-corrected chi connectivity index (χ4v) is 2.68. The molecule has 1 saturated heterocycles. The number of hydrogen-bond donors (Lipinski definition) is 0. The van der Waals surface area contributed by atoms with Gasteiger partial charge in [-0.2, -0.15) is 0 Å². The summed E-state index contributed by atoms with van der Waals surface area (Å²) < 4.78 is 0. The van der Waals surface area contributed by atoms with E-state index in [1.54, 1.807) is 0 Å². The Labute approximate surface area is 82.3 Å². The van der Waals surface area contributed by atoms with E-state index >= 15 is 0 Å². The van der Waals surface area contributed by atoms with Crippen molar-refractivity contribution >= 4 is 15.5 Å². The molecule has 3 aliphatic rings. The Morgan fingerprint density at radius 1 is 1.54 bits per heavy atom. The van der Waals surface area contributed by atoms with Gasteiger partial charge in [0, 0.05) is 12.4 Å². The van der Waals surface area contributed by atoms with Crippen LogP contribution in [0.15, 0.2) is 16.8 Å². The van der Waals surface area contributed by atoms with Crippen molar-refractivity contribution in [2.75, 3.05) is 0 Å². The number of aliphatic imine (C=N–C) groups is 1. The minimum atomic E-state index is 0.484. The second kappa shape index (κ2) is 3.09. The maximum absolute atomic E-state index is 4.60. The predicted octanol–water partition coefficient (Wildman–Crippen LogP) is 1.88. The Morgan fingerprint density at radius 3 is 2.77 bits per heavy atom. The highest BCUT2D eigenvalue weighted by Crippen LogP contribution is 2.36. The van der Waals surface area contributed by atoms with Gasteiger partial charge in [0.2, 0.25) is 0 Å². The van der Waals surface area contributed by atoms with Gasteiger partial charge in [-0.1, -0.05) is 13.8 Å². The monoisotopic (exact) mass is 196 g/mol. The molecule has 3 rings (SSSR count). The summed E-state index contributed by atoms with van der Waals surface area (Å²) in [6.45, 7) is 6.66. The van der Waals surface area contributed by atoms with E-state index < -0.39 is 0 Å². The Morgan fingerprint density at radius 2 is 2.23 bits per heavy atom. The van der Waals surface area contributed by atoms with Crippen LogP contribution in [-0.2, 0) is 0 Å². The standard InChI is InChI=1S/C10H17N2P/c1-6(2)8-4-11-9-7(3)12(5-8)10(9)13/h4-7,9-10H,13H2,1-3H3. The highest BCUT2D eigenvalue weighted by molar-refractivity contribution is 7.17. The van der Waals surface area contributed by atoms with Gasteiger partial charge in [0.15, 0.2) is 0 Å². The van der Waals surface area contributed by atoms with E-state index in [9.17, 15) is 0 Å². The predicted molar refractivity (Wildman–Crippen MR) is 60.0 cm³/mol. The van der Waals surface area contributed by atoms with Crippen molar-refractivity contribution in [1.82, 2.24) is 4.90 Å². The Hall–Kier alpha value is -0.360. The molecule has 0 aromatic rings. The SMILES string of the molecule is CC(C)C1=CN2C(C)C(N=C1)C2P. The van der Waals surface area contributed by atoms with Crippen LogP contribution in [0.1, 0.15) is 20.8 Å². The first kappa shape index (κ1) is 9.21. The van der Waals surface area contributed by atoms with Gasteiger partial charge in [-0.25, -0.2) is 0 Å². The van der Waals surface area contributed by atoms with E-state index in [2.05, 4.69) is 52.3 Å². The molecule has 0 amide bonds. The maximum Gasteiger partial charge on any atom is 0.0937 e. The minimum absolute atomic E-state index is 0.484. The van der Waals surface area contributed by atoms with Gasteiger partial charge in [0.25, 0.3) is 0 Å². The molecule has 13 heavy (non-hydrogen) atoms. The minimum Gasteiger partial charge on any atom is -0.364 e. The van der Waals surface area contributed by atoms with Crippen molar-refractivity contribution in [3.8, 4) is 0 Å². The number of hydrogen-bond acceptors (Lipinski definition) is 2. The summed E-state index contributed by atoms with van der Waals surface area (Å²) in [6, 6.07) is 1.06. The summed E-state index contributed by atoms with van der Waals surface area (Å²) in [4.78, 5) is 6.99. The van der Waals surface area contributed by atoms with E-state index in [0.29, 0.717) is 23.8 Å². The van der Waals surface area contributed by atoms with Crippen molar-refractivity contribution in [2.24, 2.45) is 10.9 Å². The van der Waals surface area contributed by atoms with Crippen molar-refractivity contribution in [3.63, 3.8) is 0 Å². The van der Waals surface area contributed by atoms with E-state index in [0.717, 1.165) is 0 Å². The third kappa shape index (κ3) is 1.32. The zero-order valence-corrected chi connectivity index (χ0v) is 9.59. The lowest BCUT2D eigenvalue weighted by atomic mass is 9.99. The number of allylic oxidation sites excluding steroid dienone is 1. The summed E-state index contributed by atoms with van der Waals surface area (Å²) in [7, 11) is 2.87. The van der Waals surface area contributed by atoms with Crippen molar-refractivity contribution in [3.05, 3.63) is 11.8 Å². The molecule has 0 saturated carbocycles. The first-order chi connectivity index (χ1) is 6.11. The summed E-state index contributed by atoms with van der Waals surface area (Å²) in [5.74, 6) is 1.09. The molecular weight excluding hydrogens is 179 g/mol. The molecule has 0 aliphatic carbocycles. The van der Waals surface area contributed by atoms with Crippen molar-refractivity contribution < 1.29 is 0 Å². The quantitative estimate of drug-likeness (QED) is 0.585.